The molecule has 0 aliphatic rings. The van der Waals surface area contributed by atoms with Crippen LogP contribution in [0.2, 0.25) is 0 Å². The fourth-order valence-corrected chi connectivity index (χ4v) is 2.47. The third kappa shape index (κ3) is 5.02. The van der Waals surface area contributed by atoms with Crippen LogP contribution in [-0.2, 0) is 6.54 Å². The summed E-state index contributed by atoms with van der Waals surface area (Å²) < 4.78 is 13.0. The minimum Gasteiger partial charge on any atom is -0.370 e. The second-order valence-electron chi connectivity index (χ2n) is 6.58. The van der Waals surface area contributed by atoms with Gasteiger partial charge in [-0.15, -0.1) is 0 Å². The van der Waals surface area contributed by atoms with Crippen molar-refractivity contribution >= 4 is 11.8 Å². The van der Waals surface area contributed by atoms with Crippen molar-refractivity contribution in [2.75, 3.05) is 17.2 Å². The highest BCUT2D eigenvalue weighted by Gasteiger charge is 2.07. The number of hydrogen-bond donors (Lipinski definition) is 2. The Labute approximate surface area is 153 Å². The van der Waals surface area contributed by atoms with Gasteiger partial charge in [0.1, 0.15) is 11.6 Å². The maximum absolute atomic E-state index is 13.0. The molecule has 0 saturated heterocycles. The van der Waals surface area contributed by atoms with Crippen LogP contribution in [0.1, 0.15) is 19.4 Å². The Balaban J connectivity index is 1.82. The molecule has 0 radical (unpaired) electrons. The maximum atomic E-state index is 13.0. The number of benzene rings is 2. The van der Waals surface area contributed by atoms with E-state index in [1.807, 2.05) is 36.4 Å². The molecule has 4 nitrogen and oxygen atoms in total. The van der Waals surface area contributed by atoms with E-state index in [4.69, 9.17) is 0 Å². The number of nitrogens with one attached hydrogen (secondary N) is 2. The van der Waals surface area contributed by atoms with E-state index in [0.29, 0.717) is 18.4 Å². The summed E-state index contributed by atoms with van der Waals surface area (Å²) in [6.07, 6.45) is 0. The zero-order valence-electron chi connectivity index (χ0n) is 15.0. The summed E-state index contributed by atoms with van der Waals surface area (Å²) in [6.45, 7) is 5.67. The monoisotopic (exact) mass is 350 g/mol. The first-order valence-electron chi connectivity index (χ1n) is 8.77. The molecule has 0 spiro atoms. The summed E-state index contributed by atoms with van der Waals surface area (Å²) in [6, 6.07) is 18.4. The zero-order valence-corrected chi connectivity index (χ0v) is 15.0. The van der Waals surface area contributed by atoms with Gasteiger partial charge in [-0.1, -0.05) is 56.3 Å². The second-order valence-corrected chi connectivity index (χ2v) is 6.58. The largest absolute Gasteiger partial charge is 0.370 e. The fourth-order valence-electron chi connectivity index (χ4n) is 2.47. The molecule has 5 heteroatoms. The molecule has 134 valence electrons. The van der Waals surface area contributed by atoms with Gasteiger partial charge in [0.2, 0.25) is 5.95 Å². The van der Waals surface area contributed by atoms with Gasteiger partial charge in [0.05, 0.1) is 5.69 Å². The number of aromatic nitrogens is 2. The van der Waals surface area contributed by atoms with Crippen molar-refractivity contribution in [1.29, 1.82) is 0 Å². The highest BCUT2D eigenvalue weighted by Crippen LogP contribution is 2.21. The van der Waals surface area contributed by atoms with Crippen LogP contribution in [0.3, 0.4) is 0 Å². The quantitative estimate of drug-likeness (QED) is 0.632. The van der Waals surface area contributed by atoms with E-state index in [2.05, 4.69) is 34.4 Å². The van der Waals surface area contributed by atoms with Gasteiger partial charge in [-0.3, -0.25) is 0 Å². The van der Waals surface area contributed by atoms with Gasteiger partial charge in [0, 0.05) is 24.7 Å². The summed E-state index contributed by atoms with van der Waals surface area (Å²) in [4.78, 5) is 9.18. The standard InChI is InChI=1S/C21H23FN4/c1-15(2)13-23-20-12-19(17-6-4-3-5-7-17)25-21(26-20)24-14-16-8-10-18(22)11-9-16/h3-12,15H,13-14H2,1-2H3,(H2,23,24,25,26). The Kier molecular flexibility index (Phi) is 5.79. The van der Waals surface area contributed by atoms with Crippen molar-refractivity contribution < 1.29 is 4.39 Å². The number of hydrogen-bond acceptors (Lipinski definition) is 4. The van der Waals surface area contributed by atoms with Gasteiger partial charge in [-0.05, 0) is 23.6 Å². The molecule has 1 heterocycles. The molecule has 2 N–H and O–H groups in total. The van der Waals surface area contributed by atoms with Gasteiger partial charge in [0.15, 0.2) is 0 Å². The van der Waals surface area contributed by atoms with Crippen LogP contribution in [0.15, 0.2) is 60.7 Å². The van der Waals surface area contributed by atoms with Crippen LogP contribution >= 0.6 is 0 Å². The zero-order chi connectivity index (χ0) is 18.4. The first-order valence-corrected chi connectivity index (χ1v) is 8.77. The lowest BCUT2D eigenvalue weighted by Gasteiger charge is -2.13. The molecule has 2 aromatic carbocycles. The second kappa shape index (κ2) is 8.43. The van der Waals surface area contributed by atoms with E-state index < -0.39 is 0 Å². The normalized spacial score (nSPS) is 10.8. The van der Waals surface area contributed by atoms with Crippen molar-refractivity contribution in [2.45, 2.75) is 20.4 Å². The Morgan fingerprint density at radius 2 is 1.65 bits per heavy atom. The highest BCUT2D eigenvalue weighted by molar-refractivity contribution is 5.64. The molecule has 26 heavy (non-hydrogen) atoms. The third-order valence-corrected chi connectivity index (χ3v) is 3.85. The maximum Gasteiger partial charge on any atom is 0.225 e. The third-order valence-electron chi connectivity index (χ3n) is 3.85. The van der Waals surface area contributed by atoms with Crippen molar-refractivity contribution in [1.82, 2.24) is 9.97 Å². The summed E-state index contributed by atoms with van der Waals surface area (Å²) in [5.41, 5.74) is 2.86. The van der Waals surface area contributed by atoms with Crippen LogP contribution < -0.4 is 10.6 Å². The molecular formula is C21H23FN4. The summed E-state index contributed by atoms with van der Waals surface area (Å²) in [5.74, 6) is 1.60. The van der Waals surface area contributed by atoms with Crippen molar-refractivity contribution in [3.05, 3.63) is 72.0 Å². The van der Waals surface area contributed by atoms with Crippen LogP contribution in [0.25, 0.3) is 11.3 Å². The Morgan fingerprint density at radius 3 is 2.35 bits per heavy atom. The number of rotatable bonds is 7. The summed E-state index contributed by atoms with van der Waals surface area (Å²) >= 11 is 0. The van der Waals surface area contributed by atoms with Crippen LogP contribution in [0.4, 0.5) is 16.2 Å². The van der Waals surface area contributed by atoms with E-state index in [1.165, 1.54) is 12.1 Å². The van der Waals surface area contributed by atoms with Crippen molar-refractivity contribution in [3.8, 4) is 11.3 Å². The Morgan fingerprint density at radius 1 is 0.923 bits per heavy atom. The van der Waals surface area contributed by atoms with E-state index in [0.717, 1.165) is 29.2 Å². The predicted molar refractivity (Wildman–Crippen MR) is 105 cm³/mol. The molecule has 0 bridgehead atoms. The Bertz CT molecular complexity index is 832. The Hall–Kier alpha value is -2.95. The summed E-state index contributed by atoms with van der Waals surface area (Å²) in [7, 11) is 0. The number of anilines is 2. The first-order chi connectivity index (χ1) is 12.6. The molecule has 0 amide bonds. The lowest BCUT2D eigenvalue weighted by molar-refractivity contribution is 0.627. The number of nitrogens with zero attached hydrogens (tertiary/aromatic N) is 2. The van der Waals surface area contributed by atoms with E-state index in [9.17, 15) is 4.39 Å². The summed E-state index contributed by atoms with van der Waals surface area (Å²) in [5, 5.41) is 6.59. The van der Waals surface area contributed by atoms with E-state index >= 15 is 0 Å². The molecule has 3 rings (SSSR count). The molecule has 3 aromatic rings. The highest BCUT2D eigenvalue weighted by atomic mass is 19.1. The van der Waals surface area contributed by atoms with Gasteiger partial charge < -0.3 is 10.6 Å². The molecule has 0 fully saturated rings. The van der Waals surface area contributed by atoms with Crippen LogP contribution in [0.5, 0.6) is 0 Å². The van der Waals surface area contributed by atoms with E-state index in [-0.39, 0.29) is 5.82 Å². The van der Waals surface area contributed by atoms with Crippen molar-refractivity contribution in [3.63, 3.8) is 0 Å². The SMILES string of the molecule is CC(C)CNc1cc(-c2ccccc2)nc(NCc2ccc(F)cc2)n1. The average molecular weight is 350 g/mol. The average Bonchev–Trinajstić information content (AvgIpc) is 2.66. The fraction of sp³-hybridized carbons (Fsp3) is 0.238. The topological polar surface area (TPSA) is 49.8 Å². The minimum absolute atomic E-state index is 0.240. The van der Waals surface area contributed by atoms with Crippen molar-refractivity contribution in [2.24, 2.45) is 5.92 Å². The molecule has 0 aliphatic carbocycles. The lowest BCUT2D eigenvalue weighted by atomic mass is 10.1. The van der Waals surface area contributed by atoms with Crippen LogP contribution in [0, 0.1) is 11.7 Å². The molecule has 0 unspecified atom stereocenters. The molecule has 0 atom stereocenters. The van der Waals surface area contributed by atoms with E-state index in [1.54, 1.807) is 12.1 Å². The van der Waals surface area contributed by atoms with Gasteiger partial charge >= 0.3 is 0 Å². The molecule has 0 aliphatic heterocycles. The smallest absolute Gasteiger partial charge is 0.225 e. The molecule has 0 saturated carbocycles. The lowest BCUT2D eigenvalue weighted by Crippen LogP contribution is -2.11. The predicted octanol–water partition coefficient (Wildman–Crippen LogP) is 4.96. The van der Waals surface area contributed by atoms with Crippen LogP contribution in [-0.4, -0.2) is 16.5 Å². The van der Waals surface area contributed by atoms with Gasteiger partial charge in [-0.25, -0.2) is 9.37 Å². The molecule has 1 aromatic heterocycles. The first kappa shape index (κ1) is 17.9. The van der Waals surface area contributed by atoms with Gasteiger partial charge in [-0.2, -0.15) is 4.98 Å². The number of halogens is 1. The van der Waals surface area contributed by atoms with Gasteiger partial charge in [0.25, 0.3) is 0 Å². The minimum atomic E-state index is -0.240. The molecular weight excluding hydrogens is 327 g/mol.